The van der Waals surface area contributed by atoms with Gasteiger partial charge in [0, 0.05) is 18.8 Å². The normalized spacial score (nSPS) is 11.1. The smallest absolute Gasteiger partial charge is 0.408 e. The molecule has 1 aromatic carbocycles. The van der Waals surface area contributed by atoms with E-state index in [0.717, 1.165) is 16.8 Å². The van der Waals surface area contributed by atoms with Crippen LogP contribution in [0.4, 0.5) is 0 Å². The lowest BCUT2D eigenvalue weighted by atomic mass is 10.1. The monoisotopic (exact) mass is 247 g/mol. The number of aryl methyl sites for hydroxylation is 1. The lowest BCUT2D eigenvalue weighted by Gasteiger charge is -1.97. The number of oxazole rings is 1. The first kappa shape index (κ1) is 10.1. The number of fused-ring (bicyclic) bond motifs is 1. The van der Waals surface area contributed by atoms with Crippen molar-refractivity contribution < 1.29 is 4.42 Å². The number of benzene rings is 1. The van der Waals surface area contributed by atoms with Crippen LogP contribution in [0.5, 0.6) is 0 Å². The number of hydrogen-bond acceptors (Lipinski definition) is 3. The molecule has 3 rings (SSSR count). The van der Waals surface area contributed by atoms with Gasteiger partial charge in [-0.3, -0.25) is 4.57 Å². The van der Waals surface area contributed by atoms with Gasteiger partial charge in [-0.25, -0.2) is 4.79 Å². The van der Waals surface area contributed by atoms with Crippen molar-refractivity contribution in [2.24, 2.45) is 7.05 Å². The number of rotatable bonds is 1. The van der Waals surface area contributed by atoms with Crippen LogP contribution < -0.4 is 5.76 Å². The molecule has 0 aliphatic rings. The van der Waals surface area contributed by atoms with Crippen LogP contribution in [0.25, 0.3) is 22.4 Å². The van der Waals surface area contributed by atoms with Gasteiger partial charge in [-0.2, -0.15) is 0 Å². The Morgan fingerprint density at radius 1 is 1.41 bits per heavy atom. The van der Waals surface area contributed by atoms with Gasteiger partial charge in [0.15, 0.2) is 10.4 Å². The van der Waals surface area contributed by atoms with Crippen molar-refractivity contribution in [3.63, 3.8) is 0 Å². The first-order valence-electron chi connectivity index (χ1n) is 5.03. The fourth-order valence-corrected chi connectivity index (χ4v) is 1.95. The molecule has 2 aromatic heterocycles. The largest absolute Gasteiger partial charge is 0.419 e. The third kappa shape index (κ3) is 1.53. The number of aromatic amines is 2. The lowest BCUT2D eigenvalue weighted by Crippen LogP contribution is -2.08. The molecule has 0 atom stereocenters. The van der Waals surface area contributed by atoms with E-state index in [0.29, 0.717) is 10.4 Å². The predicted molar refractivity (Wildman–Crippen MR) is 66.4 cm³/mol. The van der Waals surface area contributed by atoms with Crippen LogP contribution in [0.1, 0.15) is 0 Å². The maximum Gasteiger partial charge on any atom is 0.419 e. The molecule has 2 heterocycles. The van der Waals surface area contributed by atoms with Gasteiger partial charge in [0.25, 0.3) is 0 Å². The molecule has 0 radical (unpaired) electrons. The summed E-state index contributed by atoms with van der Waals surface area (Å²) in [4.78, 5) is 17.3. The van der Waals surface area contributed by atoms with E-state index < -0.39 is 0 Å². The van der Waals surface area contributed by atoms with Crippen molar-refractivity contribution in [2.75, 3.05) is 0 Å². The quantitative estimate of drug-likeness (QED) is 0.648. The van der Waals surface area contributed by atoms with Crippen LogP contribution >= 0.6 is 12.2 Å². The molecule has 0 amide bonds. The van der Waals surface area contributed by atoms with Crippen molar-refractivity contribution in [2.45, 2.75) is 0 Å². The van der Waals surface area contributed by atoms with E-state index in [4.69, 9.17) is 16.6 Å². The zero-order valence-corrected chi connectivity index (χ0v) is 9.80. The summed E-state index contributed by atoms with van der Waals surface area (Å²) >= 11 is 4.97. The lowest BCUT2D eigenvalue weighted by molar-refractivity contribution is 0.528. The van der Waals surface area contributed by atoms with E-state index in [9.17, 15) is 4.79 Å². The first-order valence-corrected chi connectivity index (χ1v) is 5.43. The summed E-state index contributed by atoms with van der Waals surface area (Å²) < 4.78 is 7.11. The predicted octanol–water partition coefficient (Wildman–Crippen LogP) is 2.18. The second-order valence-electron chi connectivity index (χ2n) is 3.77. The number of nitrogens with one attached hydrogen (secondary N) is 2. The molecule has 0 fully saturated rings. The highest BCUT2D eigenvalue weighted by Crippen LogP contribution is 2.21. The standard InChI is InChI=1S/C11H9N3O2S/c1-14-8-4-6(7-5-12-10(17)13-7)2-3-9(8)16-11(14)15/h2-5H,1H3,(H2,12,13,17). The molecule has 0 bridgehead atoms. The highest BCUT2D eigenvalue weighted by molar-refractivity contribution is 7.71. The van der Waals surface area contributed by atoms with Gasteiger partial charge < -0.3 is 14.4 Å². The van der Waals surface area contributed by atoms with Crippen LogP contribution in [-0.4, -0.2) is 14.5 Å². The number of nitrogens with zero attached hydrogens (tertiary/aromatic N) is 1. The summed E-state index contributed by atoms with van der Waals surface area (Å²) in [7, 11) is 1.68. The summed E-state index contributed by atoms with van der Waals surface area (Å²) in [5.41, 5.74) is 3.16. The molecular formula is C11H9N3O2S. The van der Waals surface area contributed by atoms with E-state index in [1.54, 1.807) is 19.3 Å². The van der Waals surface area contributed by atoms with Gasteiger partial charge in [0.1, 0.15) is 0 Å². The van der Waals surface area contributed by atoms with Gasteiger partial charge in [-0.05, 0) is 30.4 Å². The molecule has 0 spiro atoms. The first-order chi connectivity index (χ1) is 8.15. The van der Waals surface area contributed by atoms with Crippen LogP contribution in [0.3, 0.4) is 0 Å². The highest BCUT2D eigenvalue weighted by atomic mass is 32.1. The molecule has 0 unspecified atom stereocenters. The number of imidazole rings is 1. The van der Waals surface area contributed by atoms with Crippen LogP contribution in [0.2, 0.25) is 0 Å². The molecular weight excluding hydrogens is 238 g/mol. The van der Waals surface area contributed by atoms with Crippen LogP contribution in [0.15, 0.2) is 33.6 Å². The van der Waals surface area contributed by atoms with E-state index >= 15 is 0 Å². The molecule has 3 aromatic rings. The van der Waals surface area contributed by atoms with E-state index in [2.05, 4.69) is 9.97 Å². The van der Waals surface area contributed by atoms with Gasteiger partial charge in [0.2, 0.25) is 0 Å². The summed E-state index contributed by atoms with van der Waals surface area (Å²) in [5.74, 6) is -0.362. The molecule has 6 heteroatoms. The number of hydrogen-bond donors (Lipinski definition) is 2. The summed E-state index contributed by atoms with van der Waals surface area (Å²) in [6, 6.07) is 5.53. The average Bonchev–Trinajstić information content (AvgIpc) is 2.85. The molecule has 86 valence electrons. The number of aromatic nitrogens is 3. The van der Waals surface area contributed by atoms with Crippen LogP contribution in [-0.2, 0) is 7.05 Å². The molecule has 0 aliphatic heterocycles. The minimum atomic E-state index is -0.362. The van der Waals surface area contributed by atoms with E-state index in [1.165, 1.54) is 4.57 Å². The van der Waals surface area contributed by atoms with Crippen molar-refractivity contribution >= 4 is 23.3 Å². The zero-order chi connectivity index (χ0) is 12.0. The fraction of sp³-hybridized carbons (Fsp3) is 0.0909. The van der Waals surface area contributed by atoms with Crippen molar-refractivity contribution in [1.82, 2.24) is 14.5 Å². The Hall–Kier alpha value is -2.08. The maximum atomic E-state index is 11.4. The van der Waals surface area contributed by atoms with E-state index in [1.807, 2.05) is 12.1 Å². The Bertz CT molecular complexity index is 806. The highest BCUT2D eigenvalue weighted by Gasteiger charge is 2.07. The molecule has 5 nitrogen and oxygen atoms in total. The molecule has 17 heavy (non-hydrogen) atoms. The fourth-order valence-electron chi connectivity index (χ4n) is 1.78. The average molecular weight is 247 g/mol. The van der Waals surface area contributed by atoms with Crippen molar-refractivity contribution in [1.29, 1.82) is 0 Å². The third-order valence-electron chi connectivity index (χ3n) is 2.70. The molecule has 0 saturated heterocycles. The van der Waals surface area contributed by atoms with E-state index in [-0.39, 0.29) is 5.76 Å². The molecule has 2 N–H and O–H groups in total. The minimum absolute atomic E-state index is 0.362. The van der Waals surface area contributed by atoms with Gasteiger partial charge in [-0.15, -0.1) is 0 Å². The maximum absolute atomic E-state index is 11.4. The Labute approximate surface area is 101 Å². The Morgan fingerprint density at radius 2 is 2.24 bits per heavy atom. The second kappa shape index (κ2) is 3.46. The Balaban J connectivity index is 2.29. The summed E-state index contributed by atoms with van der Waals surface area (Å²) in [6.45, 7) is 0. The summed E-state index contributed by atoms with van der Waals surface area (Å²) in [5, 5.41) is 0. The van der Waals surface area contributed by atoms with Gasteiger partial charge in [-0.1, -0.05) is 0 Å². The zero-order valence-electron chi connectivity index (χ0n) is 8.98. The SMILES string of the molecule is Cn1c(=O)oc2ccc(-c3c[nH]c(=S)[nH]3)cc21. The van der Waals surface area contributed by atoms with Crippen LogP contribution in [0, 0.1) is 4.77 Å². The van der Waals surface area contributed by atoms with Crippen molar-refractivity contribution in [3.05, 3.63) is 39.7 Å². The number of H-pyrrole nitrogens is 2. The topological polar surface area (TPSA) is 66.7 Å². The second-order valence-corrected chi connectivity index (χ2v) is 4.17. The minimum Gasteiger partial charge on any atom is -0.408 e. The Kier molecular flexibility index (Phi) is 2.05. The third-order valence-corrected chi connectivity index (χ3v) is 2.92. The summed E-state index contributed by atoms with van der Waals surface area (Å²) in [6.07, 6.45) is 1.79. The molecule has 0 saturated carbocycles. The Morgan fingerprint density at radius 3 is 2.94 bits per heavy atom. The van der Waals surface area contributed by atoms with Gasteiger partial charge in [0.05, 0.1) is 11.2 Å². The van der Waals surface area contributed by atoms with Gasteiger partial charge >= 0.3 is 5.76 Å². The van der Waals surface area contributed by atoms with Crippen molar-refractivity contribution in [3.8, 4) is 11.3 Å². The molecule has 0 aliphatic carbocycles.